The van der Waals surface area contributed by atoms with Gasteiger partial charge in [-0.1, -0.05) is 24.3 Å². The Morgan fingerprint density at radius 2 is 1.84 bits per heavy atom. The maximum absolute atomic E-state index is 11.9. The molecule has 1 aromatic carbocycles. The Labute approximate surface area is 110 Å². The first kappa shape index (κ1) is 13.1. The van der Waals surface area contributed by atoms with Gasteiger partial charge in [0.15, 0.2) is 5.78 Å². The Kier molecular flexibility index (Phi) is 3.82. The summed E-state index contributed by atoms with van der Waals surface area (Å²) in [4.78, 5) is 11.9. The van der Waals surface area contributed by atoms with Crippen molar-refractivity contribution in [2.24, 2.45) is 5.92 Å². The van der Waals surface area contributed by atoms with Crippen molar-refractivity contribution in [3.8, 4) is 5.75 Å². The Morgan fingerprint density at radius 1 is 1.16 bits per heavy atom. The van der Waals surface area contributed by atoms with Crippen LogP contribution in [0.1, 0.15) is 5.56 Å². The number of aliphatic hydroxyl groups is 2. The van der Waals surface area contributed by atoms with Crippen LogP contribution in [0.2, 0.25) is 0 Å². The van der Waals surface area contributed by atoms with E-state index in [2.05, 4.69) is 0 Å². The lowest BCUT2D eigenvalue weighted by molar-refractivity contribution is -0.118. The molecule has 1 aliphatic carbocycles. The topological polar surface area (TPSA) is 77.8 Å². The van der Waals surface area contributed by atoms with E-state index in [9.17, 15) is 15.0 Å². The second kappa shape index (κ2) is 5.54. The van der Waals surface area contributed by atoms with Crippen LogP contribution in [0.3, 0.4) is 0 Å². The SMILES string of the molecule is O=C(/C=C/c1ccc(O)cc1)C1C=CC(O)=CC1O. The Bertz CT molecular complexity index is 552. The van der Waals surface area contributed by atoms with E-state index in [0.29, 0.717) is 0 Å². The summed E-state index contributed by atoms with van der Waals surface area (Å²) >= 11 is 0. The first-order valence-electron chi connectivity index (χ1n) is 5.84. The van der Waals surface area contributed by atoms with Crippen molar-refractivity contribution >= 4 is 11.9 Å². The minimum absolute atomic E-state index is 0.0425. The molecule has 4 heteroatoms. The van der Waals surface area contributed by atoms with Gasteiger partial charge in [0.2, 0.25) is 0 Å². The lowest BCUT2D eigenvalue weighted by Crippen LogP contribution is -2.25. The van der Waals surface area contributed by atoms with Crippen LogP contribution in [0.5, 0.6) is 5.75 Å². The predicted octanol–water partition coefficient (Wildman–Crippen LogP) is 1.96. The van der Waals surface area contributed by atoms with Crippen molar-refractivity contribution in [2.75, 3.05) is 0 Å². The van der Waals surface area contributed by atoms with Gasteiger partial charge in [-0.25, -0.2) is 0 Å². The largest absolute Gasteiger partial charge is 0.508 e. The average Bonchev–Trinajstić information content (AvgIpc) is 2.37. The molecule has 0 aliphatic heterocycles. The summed E-state index contributed by atoms with van der Waals surface area (Å²) in [5.74, 6) is -0.807. The number of phenolic OH excluding ortho intramolecular Hbond substituents is 1. The molecular formula is C15H14O4. The molecule has 98 valence electrons. The van der Waals surface area contributed by atoms with Crippen molar-refractivity contribution < 1.29 is 20.1 Å². The highest BCUT2D eigenvalue weighted by molar-refractivity contribution is 5.97. The van der Waals surface area contributed by atoms with Gasteiger partial charge < -0.3 is 15.3 Å². The molecule has 2 rings (SSSR count). The maximum Gasteiger partial charge on any atom is 0.165 e. The fourth-order valence-corrected chi connectivity index (χ4v) is 1.79. The molecule has 1 aromatic rings. The second-order valence-corrected chi connectivity index (χ2v) is 4.29. The third kappa shape index (κ3) is 3.33. The van der Waals surface area contributed by atoms with Crippen molar-refractivity contribution in [3.05, 3.63) is 59.9 Å². The van der Waals surface area contributed by atoms with Gasteiger partial charge in [0, 0.05) is 0 Å². The number of carbonyl (C=O) groups is 1. The van der Waals surface area contributed by atoms with Gasteiger partial charge in [0.05, 0.1) is 12.0 Å². The molecule has 2 unspecified atom stereocenters. The van der Waals surface area contributed by atoms with Gasteiger partial charge in [-0.15, -0.1) is 0 Å². The zero-order valence-electron chi connectivity index (χ0n) is 10.1. The molecule has 0 aromatic heterocycles. The molecule has 0 bridgehead atoms. The molecule has 0 heterocycles. The molecule has 0 spiro atoms. The summed E-state index contributed by atoms with van der Waals surface area (Å²) in [7, 11) is 0. The Balaban J connectivity index is 2.05. The fraction of sp³-hybridized carbons (Fsp3) is 0.133. The molecule has 2 atom stereocenters. The van der Waals surface area contributed by atoms with Crippen molar-refractivity contribution in [1.29, 1.82) is 0 Å². The molecule has 0 saturated heterocycles. The molecule has 0 saturated carbocycles. The monoisotopic (exact) mass is 258 g/mol. The minimum Gasteiger partial charge on any atom is -0.508 e. The lowest BCUT2D eigenvalue weighted by atomic mass is 9.92. The summed E-state index contributed by atoms with van der Waals surface area (Å²) in [5.41, 5.74) is 0.777. The lowest BCUT2D eigenvalue weighted by Gasteiger charge is -2.17. The zero-order valence-corrected chi connectivity index (χ0v) is 10.1. The number of carbonyl (C=O) groups excluding carboxylic acids is 1. The van der Waals surface area contributed by atoms with E-state index in [1.54, 1.807) is 18.2 Å². The molecular weight excluding hydrogens is 244 g/mol. The van der Waals surface area contributed by atoms with E-state index in [1.807, 2.05) is 0 Å². The number of hydrogen-bond acceptors (Lipinski definition) is 4. The number of hydrogen-bond donors (Lipinski definition) is 3. The predicted molar refractivity (Wildman–Crippen MR) is 71.5 cm³/mol. The van der Waals surface area contributed by atoms with Gasteiger partial charge >= 0.3 is 0 Å². The summed E-state index contributed by atoms with van der Waals surface area (Å²) in [6.07, 6.45) is 6.08. The summed E-state index contributed by atoms with van der Waals surface area (Å²) in [6, 6.07) is 6.41. The molecule has 1 aliphatic rings. The molecule has 3 N–H and O–H groups in total. The van der Waals surface area contributed by atoms with Gasteiger partial charge in [-0.3, -0.25) is 4.79 Å². The van der Waals surface area contributed by atoms with E-state index in [1.165, 1.54) is 36.4 Å². The van der Waals surface area contributed by atoms with Crippen LogP contribution < -0.4 is 0 Å². The third-order valence-electron chi connectivity index (χ3n) is 2.85. The first-order valence-corrected chi connectivity index (χ1v) is 5.84. The normalized spacial score (nSPS) is 22.5. The minimum atomic E-state index is -1.01. The summed E-state index contributed by atoms with van der Waals surface area (Å²) in [6.45, 7) is 0. The van der Waals surface area contributed by atoms with Gasteiger partial charge in [-0.2, -0.15) is 0 Å². The van der Waals surface area contributed by atoms with Crippen molar-refractivity contribution in [2.45, 2.75) is 6.10 Å². The smallest absolute Gasteiger partial charge is 0.165 e. The van der Waals surface area contributed by atoms with E-state index >= 15 is 0 Å². The quantitative estimate of drug-likeness (QED) is 0.724. The number of phenols is 1. The van der Waals surface area contributed by atoms with Crippen LogP contribution >= 0.6 is 0 Å². The van der Waals surface area contributed by atoms with Crippen LogP contribution in [0.25, 0.3) is 6.08 Å². The van der Waals surface area contributed by atoms with Gasteiger partial charge in [-0.05, 0) is 35.9 Å². The number of rotatable bonds is 3. The Morgan fingerprint density at radius 3 is 2.47 bits per heavy atom. The van der Waals surface area contributed by atoms with E-state index in [4.69, 9.17) is 5.11 Å². The van der Waals surface area contributed by atoms with Crippen molar-refractivity contribution in [1.82, 2.24) is 0 Å². The zero-order chi connectivity index (χ0) is 13.8. The molecule has 0 fully saturated rings. The van der Waals surface area contributed by atoms with E-state index in [-0.39, 0.29) is 17.3 Å². The number of aliphatic hydroxyl groups excluding tert-OH is 2. The summed E-state index contributed by atoms with van der Waals surface area (Å²) < 4.78 is 0. The van der Waals surface area contributed by atoms with E-state index < -0.39 is 12.0 Å². The van der Waals surface area contributed by atoms with Gasteiger partial charge in [0.25, 0.3) is 0 Å². The fourth-order valence-electron chi connectivity index (χ4n) is 1.79. The van der Waals surface area contributed by atoms with E-state index in [0.717, 1.165) is 5.56 Å². The highest BCUT2D eigenvalue weighted by Crippen LogP contribution is 2.18. The van der Waals surface area contributed by atoms with Crippen molar-refractivity contribution in [3.63, 3.8) is 0 Å². The summed E-state index contributed by atoms with van der Waals surface area (Å²) in [5, 5.41) is 28.0. The van der Waals surface area contributed by atoms with Crippen LogP contribution in [-0.2, 0) is 4.79 Å². The maximum atomic E-state index is 11.9. The van der Waals surface area contributed by atoms with Crippen LogP contribution in [0.4, 0.5) is 0 Å². The molecule has 4 nitrogen and oxygen atoms in total. The molecule has 19 heavy (non-hydrogen) atoms. The van der Waals surface area contributed by atoms with Crippen LogP contribution in [0.15, 0.2) is 54.3 Å². The number of allylic oxidation sites excluding steroid dienone is 2. The molecule has 0 radical (unpaired) electrons. The number of aromatic hydroxyl groups is 1. The second-order valence-electron chi connectivity index (χ2n) is 4.29. The Hall–Kier alpha value is -2.33. The molecule has 0 amide bonds. The number of benzene rings is 1. The standard InChI is InChI=1S/C15H14O4/c16-11-4-1-10(2-5-11)3-8-14(18)13-7-6-12(17)9-15(13)19/h1-9,13,15-17,19H/b8-3+. The van der Waals surface area contributed by atoms with Crippen LogP contribution in [-0.4, -0.2) is 27.2 Å². The highest BCUT2D eigenvalue weighted by Gasteiger charge is 2.23. The number of ketones is 1. The van der Waals surface area contributed by atoms with Crippen LogP contribution in [0, 0.1) is 5.92 Å². The van der Waals surface area contributed by atoms with Gasteiger partial charge in [0.1, 0.15) is 11.5 Å². The highest BCUT2D eigenvalue weighted by atomic mass is 16.3. The first-order chi connectivity index (χ1) is 9.06. The third-order valence-corrected chi connectivity index (χ3v) is 2.85. The average molecular weight is 258 g/mol.